The van der Waals surface area contributed by atoms with Gasteiger partial charge in [0.1, 0.15) is 5.75 Å². The highest BCUT2D eigenvalue weighted by Gasteiger charge is 2.37. The summed E-state index contributed by atoms with van der Waals surface area (Å²) in [6.07, 6.45) is 0.871. The molecule has 0 aromatic heterocycles. The summed E-state index contributed by atoms with van der Waals surface area (Å²) in [6.45, 7) is 6.72. The number of hydrogen-bond acceptors (Lipinski definition) is 2. The van der Waals surface area contributed by atoms with Crippen LogP contribution in [0.4, 0.5) is 4.79 Å². The third kappa shape index (κ3) is 3.65. The van der Waals surface area contributed by atoms with Crippen LogP contribution in [-0.2, 0) is 6.42 Å². The van der Waals surface area contributed by atoms with Crippen molar-refractivity contribution in [3.63, 3.8) is 0 Å². The SMILES string of the molecule is CCOc1ccc(-c2ccc3c(c2)CCC(C)(C)C3NC(=O)O)cc1Cl. The van der Waals surface area contributed by atoms with Gasteiger partial charge in [-0.15, -0.1) is 0 Å². The van der Waals surface area contributed by atoms with Crippen molar-refractivity contribution in [3.05, 3.63) is 52.5 Å². The average Bonchev–Trinajstić information content (AvgIpc) is 2.59. The topological polar surface area (TPSA) is 58.6 Å². The van der Waals surface area contributed by atoms with Gasteiger partial charge in [-0.05, 0) is 59.6 Å². The Morgan fingerprint density at radius 2 is 1.96 bits per heavy atom. The third-order valence-electron chi connectivity index (χ3n) is 5.11. The minimum Gasteiger partial charge on any atom is -0.492 e. The molecule has 0 bridgehead atoms. The van der Waals surface area contributed by atoms with Gasteiger partial charge in [-0.25, -0.2) is 4.79 Å². The zero-order valence-corrected chi connectivity index (χ0v) is 16.1. The highest BCUT2D eigenvalue weighted by atomic mass is 35.5. The summed E-state index contributed by atoms with van der Waals surface area (Å²) in [5.74, 6) is 0.684. The number of rotatable bonds is 4. The summed E-state index contributed by atoms with van der Waals surface area (Å²) in [7, 11) is 0. The Morgan fingerprint density at radius 1 is 1.27 bits per heavy atom. The van der Waals surface area contributed by atoms with Gasteiger partial charge in [-0.3, -0.25) is 0 Å². The maximum atomic E-state index is 11.2. The maximum absolute atomic E-state index is 11.2. The van der Waals surface area contributed by atoms with Crippen LogP contribution in [0.1, 0.15) is 44.4 Å². The van der Waals surface area contributed by atoms with Crippen LogP contribution in [0.5, 0.6) is 5.75 Å². The van der Waals surface area contributed by atoms with Crippen LogP contribution in [0, 0.1) is 5.41 Å². The minimum atomic E-state index is -0.988. The largest absolute Gasteiger partial charge is 0.492 e. The predicted molar refractivity (Wildman–Crippen MR) is 104 cm³/mol. The fourth-order valence-corrected chi connectivity index (χ4v) is 3.89. The first-order chi connectivity index (χ1) is 12.3. The van der Waals surface area contributed by atoms with Crippen molar-refractivity contribution in [2.24, 2.45) is 5.41 Å². The van der Waals surface area contributed by atoms with Gasteiger partial charge in [-0.2, -0.15) is 0 Å². The first kappa shape index (κ1) is 18.6. The number of carboxylic acid groups (broad SMARTS) is 1. The molecule has 1 aliphatic carbocycles. The minimum absolute atomic E-state index is 0.116. The number of ether oxygens (including phenoxy) is 1. The maximum Gasteiger partial charge on any atom is 0.405 e. The molecular weight excluding hydrogens is 350 g/mol. The van der Waals surface area contributed by atoms with Crippen molar-refractivity contribution in [3.8, 4) is 16.9 Å². The molecule has 0 saturated heterocycles. The summed E-state index contributed by atoms with van der Waals surface area (Å²) in [5, 5.41) is 12.5. The molecular formula is C21H24ClNO3. The van der Waals surface area contributed by atoms with Gasteiger partial charge in [0.2, 0.25) is 0 Å². The molecule has 0 radical (unpaired) electrons. The predicted octanol–water partition coefficient (Wildman–Crippen LogP) is 5.69. The van der Waals surface area contributed by atoms with Gasteiger partial charge in [-0.1, -0.05) is 49.7 Å². The van der Waals surface area contributed by atoms with Crippen LogP contribution in [-0.4, -0.2) is 17.8 Å². The van der Waals surface area contributed by atoms with Gasteiger partial charge in [0, 0.05) is 0 Å². The normalized spacial score (nSPS) is 18.1. The van der Waals surface area contributed by atoms with E-state index >= 15 is 0 Å². The Labute approximate surface area is 159 Å². The fourth-order valence-electron chi connectivity index (χ4n) is 3.66. The first-order valence-electron chi connectivity index (χ1n) is 8.87. The molecule has 0 spiro atoms. The molecule has 138 valence electrons. The van der Waals surface area contributed by atoms with E-state index in [1.807, 2.05) is 37.3 Å². The Morgan fingerprint density at radius 3 is 2.62 bits per heavy atom. The second-order valence-electron chi connectivity index (χ2n) is 7.36. The van der Waals surface area contributed by atoms with E-state index < -0.39 is 6.09 Å². The molecule has 1 atom stereocenters. The average molecular weight is 374 g/mol. The van der Waals surface area contributed by atoms with Crippen molar-refractivity contribution >= 4 is 17.7 Å². The summed E-state index contributed by atoms with van der Waals surface area (Å²) >= 11 is 6.32. The highest BCUT2D eigenvalue weighted by molar-refractivity contribution is 6.32. The standard InChI is InChI=1S/C21H24ClNO3/c1-4-26-18-8-6-14(12-17(18)22)13-5-7-16-15(11-13)9-10-21(2,3)19(16)23-20(24)25/h5-8,11-12,19,23H,4,9-10H2,1-3H3,(H,24,25). The summed E-state index contributed by atoms with van der Waals surface area (Å²) < 4.78 is 5.50. The Hall–Kier alpha value is -2.20. The number of fused-ring (bicyclic) bond motifs is 1. The number of aryl methyl sites for hydroxylation is 1. The molecule has 0 saturated carbocycles. The summed E-state index contributed by atoms with van der Waals surface area (Å²) in [6, 6.07) is 11.8. The Bertz CT molecular complexity index is 832. The van der Waals surface area contributed by atoms with Crippen molar-refractivity contribution < 1.29 is 14.6 Å². The lowest BCUT2D eigenvalue weighted by Crippen LogP contribution is -2.40. The molecule has 26 heavy (non-hydrogen) atoms. The van der Waals surface area contributed by atoms with Crippen molar-refractivity contribution in [1.29, 1.82) is 0 Å². The molecule has 0 heterocycles. The molecule has 1 amide bonds. The lowest BCUT2D eigenvalue weighted by molar-refractivity contribution is 0.161. The number of nitrogens with one attached hydrogen (secondary N) is 1. The van der Waals surface area contributed by atoms with Crippen LogP contribution >= 0.6 is 11.6 Å². The van der Waals surface area contributed by atoms with Gasteiger partial charge >= 0.3 is 6.09 Å². The van der Waals surface area contributed by atoms with Crippen LogP contribution in [0.3, 0.4) is 0 Å². The van der Waals surface area contributed by atoms with E-state index in [4.69, 9.17) is 16.3 Å². The van der Waals surface area contributed by atoms with Crippen LogP contribution in [0.2, 0.25) is 5.02 Å². The van der Waals surface area contributed by atoms with Crippen molar-refractivity contribution in [2.45, 2.75) is 39.7 Å². The molecule has 4 nitrogen and oxygen atoms in total. The molecule has 3 rings (SSSR count). The number of halogens is 1. The zero-order chi connectivity index (χ0) is 18.9. The second kappa shape index (κ2) is 7.20. The lowest BCUT2D eigenvalue weighted by Gasteiger charge is -2.40. The van der Waals surface area contributed by atoms with Gasteiger partial charge in [0.25, 0.3) is 0 Å². The van der Waals surface area contributed by atoms with Gasteiger partial charge in [0.15, 0.2) is 0 Å². The molecule has 0 fully saturated rings. The number of amides is 1. The van der Waals surface area contributed by atoms with E-state index in [2.05, 4.69) is 25.2 Å². The molecule has 1 unspecified atom stereocenters. The molecule has 2 aromatic carbocycles. The summed E-state index contributed by atoms with van der Waals surface area (Å²) in [4.78, 5) is 11.2. The molecule has 2 N–H and O–H groups in total. The van der Waals surface area contributed by atoms with E-state index in [9.17, 15) is 9.90 Å². The van der Waals surface area contributed by atoms with Crippen LogP contribution < -0.4 is 10.1 Å². The first-order valence-corrected chi connectivity index (χ1v) is 9.24. The lowest BCUT2D eigenvalue weighted by atomic mass is 9.70. The van der Waals surface area contributed by atoms with Crippen LogP contribution in [0.15, 0.2) is 36.4 Å². The second-order valence-corrected chi connectivity index (χ2v) is 7.77. The zero-order valence-electron chi connectivity index (χ0n) is 15.3. The summed E-state index contributed by atoms with van der Waals surface area (Å²) in [5.41, 5.74) is 4.22. The van der Waals surface area contributed by atoms with Gasteiger partial charge in [0.05, 0.1) is 17.7 Å². The molecule has 0 aliphatic heterocycles. The molecule has 5 heteroatoms. The smallest absolute Gasteiger partial charge is 0.405 e. The Kier molecular flexibility index (Phi) is 5.15. The van der Waals surface area contributed by atoms with E-state index in [-0.39, 0.29) is 11.5 Å². The van der Waals surface area contributed by atoms with E-state index in [1.165, 1.54) is 5.56 Å². The van der Waals surface area contributed by atoms with Crippen molar-refractivity contribution in [1.82, 2.24) is 5.32 Å². The quantitative estimate of drug-likeness (QED) is 0.724. The third-order valence-corrected chi connectivity index (χ3v) is 5.40. The van der Waals surface area contributed by atoms with Crippen molar-refractivity contribution in [2.75, 3.05) is 6.61 Å². The van der Waals surface area contributed by atoms with E-state index in [1.54, 1.807) is 0 Å². The number of carbonyl (C=O) groups is 1. The Balaban J connectivity index is 1.96. The monoisotopic (exact) mass is 373 g/mol. The van der Waals surface area contributed by atoms with E-state index in [0.717, 1.165) is 29.5 Å². The molecule has 1 aliphatic rings. The van der Waals surface area contributed by atoms with Gasteiger partial charge < -0.3 is 15.2 Å². The fraction of sp³-hybridized carbons (Fsp3) is 0.381. The number of benzene rings is 2. The van der Waals surface area contributed by atoms with E-state index in [0.29, 0.717) is 17.4 Å². The van der Waals surface area contributed by atoms with Crippen LogP contribution in [0.25, 0.3) is 11.1 Å². The number of hydrogen-bond donors (Lipinski definition) is 2. The molecule has 2 aromatic rings. The highest BCUT2D eigenvalue weighted by Crippen LogP contribution is 2.44.